The fourth-order valence-electron chi connectivity index (χ4n) is 3.54. The van der Waals surface area contributed by atoms with E-state index in [4.69, 9.17) is 29.3 Å². The fraction of sp³-hybridized carbons (Fsp3) is 0.182. The molecule has 0 unspecified atom stereocenters. The molecular weight excluding hydrogens is 472 g/mol. The maximum atomic E-state index is 13.2. The van der Waals surface area contributed by atoms with Gasteiger partial charge in [-0.3, -0.25) is 4.79 Å². The van der Waals surface area contributed by atoms with E-state index < -0.39 is 5.91 Å². The van der Waals surface area contributed by atoms with Crippen LogP contribution in [-0.4, -0.2) is 57.9 Å². The molecule has 0 atom stereocenters. The van der Waals surface area contributed by atoms with Crippen molar-refractivity contribution < 1.29 is 28.4 Å². The predicted molar refractivity (Wildman–Crippen MR) is 124 cm³/mol. The zero-order chi connectivity index (χ0) is 25.2. The molecule has 3 heterocycles. The quantitative estimate of drug-likeness (QED) is 0.284. The van der Waals surface area contributed by atoms with E-state index in [1.165, 1.54) is 11.8 Å². The van der Waals surface area contributed by atoms with E-state index in [9.17, 15) is 4.79 Å². The molecule has 1 aliphatic rings. The van der Waals surface area contributed by atoms with Gasteiger partial charge in [0.2, 0.25) is 18.4 Å². The van der Waals surface area contributed by atoms with Crippen molar-refractivity contribution in [3.63, 3.8) is 0 Å². The lowest BCUT2D eigenvalue weighted by molar-refractivity contribution is 0.0950. The Labute approximate surface area is 203 Å². The summed E-state index contributed by atoms with van der Waals surface area (Å²) in [5.41, 5.74) is 10.4. The summed E-state index contributed by atoms with van der Waals surface area (Å²) < 4.78 is 27.4. The van der Waals surface area contributed by atoms with E-state index >= 15 is 0 Å². The number of nitrogens with two attached hydrogens (primary N) is 1. The summed E-state index contributed by atoms with van der Waals surface area (Å²) >= 11 is 0. The maximum absolute atomic E-state index is 13.2. The van der Waals surface area contributed by atoms with Gasteiger partial charge in [0.25, 0.3) is 5.91 Å². The van der Waals surface area contributed by atoms with Crippen LogP contribution in [0, 0.1) is 0 Å². The molecule has 0 aliphatic carbocycles. The van der Waals surface area contributed by atoms with Crippen LogP contribution in [-0.2, 0) is 0 Å². The number of hydrogen-bond donors (Lipinski definition) is 2. The molecule has 0 saturated carbocycles. The molecule has 1 amide bonds. The molecule has 1 aliphatic heterocycles. The van der Waals surface area contributed by atoms with Crippen molar-refractivity contribution in [3.05, 3.63) is 47.7 Å². The number of hydrazone groups is 1. The van der Waals surface area contributed by atoms with E-state index in [-0.39, 0.29) is 29.8 Å². The van der Waals surface area contributed by atoms with Crippen molar-refractivity contribution in [1.82, 2.24) is 30.7 Å². The standard InChI is InChI=1S/C22H20N8O6/c1-11(12-4-6-14(32-2)16(8-12)33-3)24-26-22(31)18-19(13-5-7-15-17(9-13)35-10-34-15)30(29-25-18)21-20(23)27-36-28-21/h4-9H,10H2,1-3H3,(H2,23,27)(H,26,31)/b24-11-. The van der Waals surface area contributed by atoms with E-state index in [0.29, 0.717) is 39.8 Å². The molecule has 36 heavy (non-hydrogen) atoms. The highest BCUT2D eigenvalue weighted by Crippen LogP contribution is 2.37. The van der Waals surface area contributed by atoms with E-state index in [0.717, 1.165) is 0 Å². The second kappa shape index (κ2) is 9.25. The molecular formula is C22H20N8O6. The van der Waals surface area contributed by atoms with Crippen LogP contribution < -0.4 is 30.1 Å². The average molecular weight is 492 g/mol. The van der Waals surface area contributed by atoms with Crippen molar-refractivity contribution in [1.29, 1.82) is 0 Å². The molecule has 0 spiro atoms. The van der Waals surface area contributed by atoms with Crippen LogP contribution in [0.5, 0.6) is 23.0 Å². The monoisotopic (exact) mass is 492 g/mol. The highest BCUT2D eigenvalue weighted by atomic mass is 16.7. The first-order valence-electron chi connectivity index (χ1n) is 10.5. The van der Waals surface area contributed by atoms with E-state index in [2.05, 4.69) is 31.2 Å². The minimum absolute atomic E-state index is 0.0313. The summed E-state index contributed by atoms with van der Waals surface area (Å²) in [4.78, 5) is 13.2. The molecule has 184 valence electrons. The van der Waals surface area contributed by atoms with Gasteiger partial charge in [-0.2, -0.15) is 9.78 Å². The Morgan fingerprint density at radius 3 is 2.64 bits per heavy atom. The Balaban J connectivity index is 1.50. The number of methoxy groups -OCH3 is 2. The molecule has 4 aromatic rings. The van der Waals surface area contributed by atoms with Crippen molar-refractivity contribution in [2.45, 2.75) is 6.92 Å². The summed E-state index contributed by atoms with van der Waals surface area (Å²) in [5.74, 6) is 1.59. The van der Waals surface area contributed by atoms with Gasteiger partial charge in [0.15, 0.2) is 28.7 Å². The highest BCUT2D eigenvalue weighted by molar-refractivity contribution is 6.02. The third kappa shape index (κ3) is 4.00. The Morgan fingerprint density at radius 2 is 1.89 bits per heavy atom. The maximum Gasteiger partial charge on any atom is 0.294 e. The van der Waals surface area contributed by atoms with Crippen LogP contribution >= 0.6 is 0 Å². The van der Waals surface area contributed by atoms with Gasteiger partial charge in [0, 0.05) is 11.1 Å². The molecule has 2 aromatic heterocycles. The largest absolute Gasteiger partial charge is 0.493 e. The minimum Gasteiger partial charge on any atom is -0.493 e. The summed E-state index contributed by atoms with van der Waals surface area (Å²) in [5, 5.41) is 19.7. The first-order valence-corrected chi connectivity index (χ1v) is 10.5. The summed E-state index contributed by atoms with van der Waals surface area (Å²) in [6.07, 6.45) is 0. The Kier molecular flexibility index (Phi) is 5.82. The lowest BCUT2D eigenvalue weighted by Gasteiger charge is -2.09. The lowest BCUT2D eigenvalue weighted by Crippen LogP contribution is -2.21. The average Bonchev–Trinajstić information content (AvgIpc) is 3.65. The molecule has 0 bridgehead atoms. The Bertz CT molecular complexity index is 1480. The summed E-state index contributed by atoms with van der Waals surface area (Å²) in [7, 11) is 3.08. The second-order valence-corrected chi connectivity index (χ2v) is 7.45. The van der Waals surface area contributed by atoms with Crippen LogP contribution in [0.4, 0.5) is 5.82 Å². The van der Waals surface area contributed by atoms with Gasteiger partial charge in [-0.15, -0.1) is 5.10 Å². The third-order valence-electron chi connectivity index (χ3n) is 5.35. The van der Waals surface area contributed by atoms with Crippen LogP contribution in [0.15, 0.2) is 46.1 Å². The molecule has 14 nitrogen and oxygen atoms in total. The fourth-order valence-corrected chi connectivity index (χ4v) is 3.54. The topological polar surface area (TPSA) is 174 Å². The third-order valence-corrected chi connectivity index (χ3v) is 5.35. The normalized spacial score (nSPS) is 12.5. The van der Waals surface area contributed by atoms with Crippen LogP contribution in [0.3, 0.4) is 0 Å². The van der Waals surface area contributed by atoms with Gasteiger partial charge in [-0.1, -0.05) is 5.21 Å². The number of hydrogen-bond acceptors (Lipinski definition) is 12. The molecule has 0 radical (unpaired) electrons. The van der Waals surface area contributed by atoms with Gasteiger partial charge in [-0.05, 0) is 53.6 Å². The zero-order valence-corrected chi connectivity index (χ0v) is 19.4. The number of anilines is 1. The van der Waals surface area contributed by atoms with Gasteiger partial charge in [0.05, 0.1) is 19.9 Å². The second-order valence-electron chi connectivity index (χ2n) is 7.45. The number of ether oxygens (including phenoxy) is 4. The minimum atomic E-state index is -0.622. The molecule has 2 aromatic carbocycles. The van der Waals surface area contributed by atoms with Gasteiger partial charge < -0.3 is 24.7 Å². The number of aromatic nitrogens is 5. The van der Waals surface area contributed by atoms with Gasteiger partial charge in [-0.25, -0.2) is 10.1 Å². The number of rotatable bonds is 7. The SMILES string of the molecule is COc1ccc(/C(C)=N\NC(=O)c2nnn(-c3nonc3N)c2-c2ccc3c(c2)OCO3)cc1OC. The smallest absolute Gasteiger partial charge is 0.294 e. The molecule has 3 N–H and O–H groups in total. The highest BCUT2D eigenvalue weighted by Gasteiger charge is 2.27. The lowest BCUT2D eigenvalue weighted by atomic mass is 10.1. The number of nitrogens with one attached hydrogen (secondary N) is 1. The number of fused-ring (bicyclic) bond motifs is 1. The van der Waals surface area contributed by atoms with Crippen molar-refractivity contribution in [2.24, 2.45) is 5.10 Å². The van der Waals surface area contributed by atoms with Crippen molar-refractivity contribution in [3.8, 4) is 40.1 Å². The Morgan fingerprint density at radius 1 is 1.08 bits per heavy atom. The van der Waals surface area contributed by atoms with Crippen LogP contribution in [0.1, 0.15) is 23.0 Å². The summed E-state index contributed by atoms with van der Waals surface area (Å²) in [6, 6.07) is 10.4. The van der Waals surface area contributed by atoms with E-state index in [1.807, 2.05) is 0 Å². The van der Waals surface area contributed by atoms with Gasteiger partial charge >= 0.3 is 0 Å². The molecule has 0 saturated heterocycles. The number of amides is 1. The van der Waals surface area contributed by atoms with Crippen LogP contribution in [0.2, 0.25) is 0 Å². The number of carbonyl (C=O) groups is 1. The first-order chi connectivity index (χ1) is 17.5. The number of carbonyl (C=O) groups excluding carboxylic acids is 1. The zero-order valence-electron chi connectivity index (χ0n) is 19.4. The predicted octanol–water partition coefficient (Wildman–Crippen LogP) is 1.80. The number of nitrogen functional groups attached to an aromatic ring is 1. The molecule has 5 rings (SSSR count). The van der Waals surface area contributed by atoms with Crippen molar-refractivity contribution >= 4 is 17.4 Å². The molecule has 0 fully saturated rings. The van der Waals surface area contributed by atoms with Crippen LogP contribution in [0.25, 0.3) is 17.1 Å². The number of benzene rings is 2. The molecule has 14 heteroatoms. The van der Waals surface area contributed by atoms with Crippen molar-refractivity contribution in [2.75, 3.05) is 26.7 Å². The number of nitrogens with zero attached hydrogens (tertiary/aromatic N) is 6. The Hall–Kier alpha value is -5.14. The van der Waals surface area contributed by atoms with E-state index in [1.54, 1.807) is 50.4 Å². The van der Waals surface area contributed by atoms with Gasteiger partial charge in [0.1, 0.15) is 5.69 Å². The summed E-state index contributed by atoms with van der Waals surface area (Å²) in [6.45, 7) is 1.83. The first kappa shape index (κ1) is 22.6.